The summed E-state index contributed by atoms with van der Waals surface area (Å²) < 4.78 is 5.38. The van der Waals surface area contributed by atoms with Crippen LogP contribution >= 0.6 is 11.6 Å². The fraction of sp³-hybridized carbons (Fsp3) is 0.0556. The standard InChI is InChI=1S/C18H14ClN3O2/c19-14-6-4-5-13(9-14)18-20-10-15(11-21-18)22-17(23)12-24-16-7-2-1-3-8-16/h1-11H,12H2,(H,22,23). The zero-order valence-electron chi connectivity index (χ0n) is 12.6. The van der Waals surface area contributed by atoms with Crippen LogP contribution in [0.15, 0.2) is 67.0 Å². The Hall–Kier alpha value is -2.92. The average molecular weight is 340 g/mol. The van der Waals surface area contributed by atoms with Gasteiger partial charge in [-0.2, -0.15) is 0 Å². The highest BCUT2D eigenvalue weighted by Crippen LogP contribution is 2.19. The molecule has 6 heteroatoms. The molecule has 24 heavy (non-hydrogen) atoms. The van der Waals surface area contributed by atoms with E-state index in [1.54, 1.807) is 36.7 Å². The molecule has 0 aliphatic rings. The van der Waals surface area contributed by atoms with E-state index in [4.69, 9.17) is 16.3 Å². The van der Waals surface area contributed by atoms with E-state index < -0.39 is 0 Å². The molecule has 5 nitrogen and oxygen atoms in total. The largest absolute Gasteiger partial charge is 0.484 e. The Labute approximate surface area is 144 Å². The molecule has 1 heterocycles. The first-order chi connectivity index (χ1) is 11.7. The van der Waals surface area contributed by atoms with Crippen LogP contribution in [0, 0.1) is 0 Å². The molecule has 2 aromatic carbocycles. The van der Waals surface area contributed by atoms with Gasteiger partial charge in [0.1, 0.15) is 5.75 Å². The summed E-state index contributed by atoms with van der Waals surface area (Å²) in [7, 11) is 0. The quantitative estimate of drug-likeness (QED) is 0.767. The Bertz CT molecular complexity index is 823. The summed E-state index contributed by atoms with van der Waals surface area (Å²) in [6.45, 7) is -0.0833. The number of nitrogens with one attached hydrogen (secondary N) is 1. The molecule has 0 radical (unpaired) electrons. The monoisotopic (exact) mass is 339 g/mol. The first-order valence-corrected chi connectivity index (χ1v) is 7.64. The first-order valence-electron chi connectivity index (χ1n) is 7.26. The van der Waals surface area contributed by atoms with Gasteiger partial charge < -0.3 is 10.1 Å². The van der Waals surface area contributed by atoms with Crippen molar-refractivity contribution in [2.75, 3.05) is 11.9 Å². The second kappa shape index (κ2) is 7.57. The SMILES string of the molecule is O=C(COc1ccccc1)Nc1cnc(-c2cccc(Cl)c2)nc1. The summed E-state index contributed by atoms with van der Waals surface area (Å²) in [4.78, 5) is 20.3. The van der Waals surface area contributed by atoms with Crippen LogP contribution in [0.3, 0.4) is 0 Å². The molecule has 0 saturated heterocycles. The molecule has 0 saturated carbocycles. The number of halogens is 1. The van der Waals surface area contributed by atoms with Gasteiger partial charge in [0.05, 0.1) is 18.1 Å². The van der Waals surface area contributed by atoms with Crippen molar-refractivity contribution in [2.45, 2.75) is 0 Å². The zero-order valence-corrected chi connectivity index (χ0v) is 13.4. The van der Waals surface area contributed by atoms with Gasteiger partial charge in [0.15, 0.2) is 12.4 Å². The number of para-hydroxylation sites is 1. The van der Waals surface area contributed by atoms with E-state index in [2.05, 4.69) is 15.3 Å². The van der Waals surface area contributed by atoms with Gasteiger partial charge in [0.2, 0.25) is 0 Å². The molecule has 1 N–H and O–H groups in total. The lowest BCUT2D eigenvalue weighted by molar-refractivity contribution is -0.118. The summed E-state index contributed by atoms with van der Waals surface area (Å²) in [5.41, 5.74) is 1.32. The number of carbonyl (C=O) groups is 1. The number of anilines is 1. The number of hydrogen-bond acceptors (Lipinski definition) is 4. The maximum atomic E-state index is 11.9. The molecule has 1 amide bonds. The minimum atomic E-state index is -0.280. The van der Waals surface area contributed by atoms with Gasteiger partial charge in [-0.25, -0.2) is 9.97 Å². The lowest BCUT2D eigenvalue weighted by Gasteiger charge is -2.07. The Morgan fingerprint density at radius 3 is 2.50 bits per heavy atom. The molecule has 3 aromatic rings. The Morgan fingerprint density at radius 1 is 1.04 bits per heavy atom. The molecule has 0 atom stereocenters. The number of benzene rings is 2. The fourth-order valence-corrected chi connectivity index (χ4v) is 2.22. The van der Waals surface area contributed by atoms with Crippen molar-refractivity contribution in [3.8, 4) is 17.1 Å². The molecule has 0 spiro atoms. The van der Waals surface area contributed by atoms with Crippen LogP contribution in [0.25, 0.3) is 11.4 Å². The summed E-state index contributed by atoms with van der Waals surface area (Å²) in [6, 6.07) is 16.4. The van der Waals surface area contributed by atoms with Crippen LogP contribution in [0.4, 0.5) is 5.69 Å². The normalized spacial score (nSPS) is 10.2. The van der Waals surface area contributed by atoms with Crippen molar-refractivity contribution in [1.29, 1.82) is 0 Å². The van der Waals surface area contributed by atoms with Crippen LogP contribution < -0.4 is 10.1 Å². The third-order valence-corrected chi connectivity index (χ3v) is 3.37. The fourth-order valence-electron chi connectivity index (χ4n) is 2.03. The highest BCUT2D eigenvalue weighted by Gasteiger charge is 2.06. The van der Waals surface area contributed by atoms with Crippen LogP contribution in [-0.4, -0.2) is 22.5 Å². The average Bonchev–Trinajstić information content (AvgIpc) is 2.61. The van der Waals surface area contributed by atoms with E-state index in [9.17, 15) is 4.79 Å². The maximum Gasteiger partial charge on any atom is 0.262 e. The number of rotatable bonds is 5. The lowest BCUT2D eigenvalue weighted by Crippen LogP contribution is -2.20. The maximum absolute atomic E-state index is 11.9. The van der Waals surface area contributed by atoms with E-state index in [1.807, 2.05) is 30.3 Å². The summed E-state index contributed by atoms with van der Waals surface area (Å²) in [6.07, 6.45) is 3.09. The number of ether oxygens (including phenoxy) is 1. The smallest absolute Gasteiger partial charge is 0.262 e. The van der Waals surface area contributed by atoms with Crippen molar-refractivity contribution < 1.29 is 9.53 Å². The molecular formula is C18H14ClN3O2. The summed E-state index contributed by atoms with van der Waals surface area (Å²) >= 11 is 5.95. The highest BCUT2D eigenvalue weighted by atomic mass is 35.5. The minimum Gasteiger partial charge on any atom is -0.484 e. The summed E-state index contributed by atoms with van der Waals surface area (Å²) in [5.74, 6) is 0.897. The van der Waals surface area contributed by atoms with Crippen molar-refractivity contribution in [3.63, 3.8) is 0 Å². The predicted molar refractivity (Wildman–Crippen MR) is 93.0 cm³/mol. The molecule has 3 rings (SSSR count). The molecule has 0 bridgehead atoms. The van der Waals surface area contributed by atoms with E-state index in [0.29, 0.717) is 22.3 Å². The number of nitrogens with zero attached hydrogens (tertiary/aromatic N) is 2. The molecule has 0 fully saturated rings. The predicted octanol–water partition coefficient (Wildman–Crippen LogP) is 3.81. The van der Waals surface area contributed by atoms with E-state index in [-0.39, 0.29) is 12.5 Å². The molecule has 1 aromatic heterocycles. The second-order valence-corrected chi connectivity index (χ2v) is 5.39. The minimum absolute atomic E-state index is 0.0833. The third-order valence-electron chi connectivity index (χ3n) is 3.13. The molecule has 0 aliphatic carbocycles. The van der Waals surface area contributed by atoms with E-state index in [1.165, 1.54) is 0 Å². The van der Waals surface area contributed by atoms with Crippen LogP contribution in [0.2, 0.25) is 5.02 Å². The van der Waals surface area contributed by atoms with Crippen molar-refractivity contribution in [3.05, 3.63) is 72.0 Å². The zero-order chi connectivity index (χ0) is 16.8. The second-order valence-electron chi connectivity index (χ2n) is 4.96. The van der Waals surface area contributed by atoms with Gasteiger partial charge in [0, 0.05) is 10.6 Å². The van der Waals surface area contributed by atoms with Crippen molar-refractivity contribution in [1.82, 2.24) is 9.97 Å². The van der Waals surface area contributed by atoms with Crippen molar-refractivity contribution >= 4 is 23.2 Å². The van der Waals surface area contributed by atoms with Crippen LogP contribution in [0.5, 0.6) is 5.75 Å². The Morgan fingerprint density at radius 2 is 1.79 bits per heavy atom. The number of aromatic nitrogens is 2. The number of carbonyl (C=O) groups excluding carboxylic acids is 1. The van der Waals surface area contributed by atoms with Gasteiger partial charge in [-0.3, -0.25) is 4.79 Å². The molecule has 0 aliphatic heterocycles. The summed E-state index contributed by atoms with van der Waals surface area (Å²) in [5, 5.41) is 3.30. The van der Waals surface area contributed by atoms with Crippen LogP contribution in [-0.2, 0) is 4.79 Å². The van der Waals surface area contributed by atoms with Gasteiger partial charge in [-0.05, 0) is 24.3 Å². The molecule has 120 valence electrons. The Kier molecular flexibility index (Phi) is 5.03. The highest BCUT2D eigenvalue weighted by molar-refractivity contribution is 6.30. The topological polar surface area (TPSA) is 64.1 Å². The first kappa shape index (κ1) is 16.0. The number of amides is 1. The van der Waals surface area contributed by atoms with E-state index >= 15 is 0 Å². The van der Waals surface area contributed by atoms with Gasteiger partial charge in [0.25, 0.3) is 5.91 Å². The Balaban J connectivity index is 1.58. The van der Waals surface area contributed by atoms with Crippen molar-refractivity contribution in [2.24, 2.45) is 0 Å². The van der Waals surface area contributed by atoms with Gasteiger partial charge >= 0.3 is 0 Å². The third kappa shape index (κ3) is 4.30. The van der Waals surface area contributed by atoms with Crippen LogP contribution in [0.1, 0.15) is 0 Å². The van der Waals surface area contributed by atoms with Gasteiger partial charge in [-0.15, -0.1) is 0 Å². The molecule has 0 unspecified atom stereocenters. The van der Waals surface area contributed by atoms with E-state index in [0.717, 1.165) is 5.56 Å². The number of hydrogen-bond donors (Lipinski definition) is 1. The van der Waals surface area contributed by atoms with Gasteiger partial charge in [-0.1, -0.05) is 41.9 Å². The molecular weight excluding hydrogens is 326 g/mol. The lowest BCUT2D eigenvalue weighted by atomic mass is 10.2.